The first-order chi connectivity index (χ1) is 6.76. The molecule has 72 valence electrons. The maximum Gasteiger partial charge on any atom is 0.243 e. The number of rotatable bonds is 3. The first-order valence-electron chi connectivity index (χ1n) is 4.07. The summed E-state index contributed by atoms with van der Waals surface area (Å²) in [5.41, 5.74) is 0.512. The molecule has 1 N–H and O–H groups in total. The van der Waals surface area contributed by atoms with E-state index >= 15 is 0 Å². The van der Waals surface area contributed by atoms with Crippen molar-refractivity contribution in [3.05, 3.63) is 30.1 Å². The predicted molar refractivity (Wildman–Crippen MR) is 50.1 cm³/mol. The average molecular weight is 190 g/mol. The fourth-order valence-corrected chi connectivity index (χ4v) is 0.872. The monoisotopic (exact) mass is 190 g/mol. The lowest BCUT2D eigenvalue weighted by Crippen LogP contribution is -2.14. The maximum atomic E-state index is 10.8. The molecule has 0 aliphatic heterocycles. The largest absolute Gasteiger partial charge is 0.356 e. The zero-order chi connectivity index (χ0) is 10.4. The van der Waals surface area contributed by atoms with Gasteiger partial charge in [0, 0.05) is 19.3 Å². The molecule has 0 spiro atoms. The van der Waals surface area contributed by atoms with E-state index in [4.69, 9.17) is 5.26 Å². The van der Waals surface area contributed by atoms with Crippen LogP contribution in [0.25, 0.3) is 0 Å². The summed E-state index contributed by atoms with van der Waals surface area (Å²) in [7, 11) is 1.56. The molecular formula is C9H10N4O. The smallest absolute Gasteiger partial charge is 0.243 e. The van der Waals surface area contributed by atoms with Gasteiger partial charge in [-0.3, -0.25) is 9.48 Å². The van der Waals surface area contributed by atoms with E-state index in [1.165, 1.54) is 12.3 Å². The van der Waals surface area contributed by atoms with Crippen molar-refractivity contribution in [3.63, 3.8) is 0 Å². The summed E-state index contributed by atoms with van der Waals surface area (Å²) < 4.78 is 1.58. The Balaban J connectivity index is 2.50. The van der Waals surface area contributed by atoms with Crippen LogP contribution in [-0.2, 0) is 11.3 Å². The summed E-state index contributed by atoms with van der Waals surface area (Å²) in [4.78, 5) is 10.8. The van der Waals surface area contributed by atoms with E-state index in [0.29, 0.717) is 12.1 Å². The number of hydrogen-bond acceptors (Lipinski definition) is 3. The molecule has 0 aliphatic rings. The first-order valence-corrected chi connectivity index (χ1v) is 4.07. The number of aromatic nitrogens is 2. The summed E-state index contributed by atoms with van der Waals surface area (Å²) >= 11 is 0. The summed E-state index contributed by atoms with van der Waals surface area (Å²) in [6.45, 7) is 0.481. The molecule has 14 heavy (non-hydrogen) atoms. The maximum absolute atomic E-state index is 10.8. The van der Waals surface area contributed by atoms with Crippen LogP contribution < -0.4 is 5.32 Å². The minimum Gasteiger partial charge on any atom is -0.356 e. The summed E-state index contributed by atoms with van der Waals surface area (Å²) in [6.07, 6.45) is 6.20. The van der Waals surface area contributed by atoms with Crippen molar-refractivity contribution < 1.29 is 4.79 Å². The van der Waals surface area contributed by atoms with Crippen molar-refractivity contribution >= 4 is 5.91 Å². The number of nitrogens with zero attached hydrogens (tertiary/aromatic N) is 3. The number of likely N-dealkylation sites (N-methyl/N-ethyl adjacent to an activating group) is 1. The molecule has 0 atom stereocenters. The molecule has 1 heterocycles. The van der Waals surface area contributed by atoms with Crippen LogP contribution >= 0.6 is 0 Å². The molecule has 0 bridgehead atoms. The van der Waals surface area contributed by atoms with Crippen molar-refractivity contribution in [2.75, 3.05) is 7.05 Å². The normalized spacial score (nSPS) is 10.0. The van der Waals surface area contributed by atoms with Gasteiger partial charge >= 0.3 is 0 Å². The summed E-state index contributed by atoms with van der Waals surface area (Å²) in [5.74, 6) is -0.155. The average Bonchev–Trinajstić information content (AvgIpc) is 2.65. The third-order valence-electron chi connectivity index (χ3n) is 1.57. The molecule has 5 heteroatoms. The van der Waals surface area contributed by atoms with Crippen LogP contribution in [0.15, 0.2) is 24.5 Å². The highest BCUT2D eigenvalue weighted by Crippen LogP contribution is 1.94. The van der Waals surface area contributed by atoms with Gasteiger partial charge in [0.25, 0.3) is 0 Å². The fourth-order valence-electron chi connectivity index (χ4n) is 0.872. The van der Waals surface area contributed by atoms with Gasteiger partial charge in [0.1, 0.15) is 6.07 Å². The molecule has 0 aromatic carbocycles. The molecule has 1 amide bonds. The van der Waals surface area contributed by atoms with Gasteiger partial charge in [0.05, 0.1) is 18.3 Å². The molecule has 5 nitrogen and oxygen atoms in total. The molecule has 1 aromatic heterocycles. The number of carbonyl (C=O) groups excluding carboxylic acids is 1. The lowest BCUT2D eigenvalue weighted by molar-refractivity contribution is -0.116. The number of nitrogens with one attached hydrogen (secondary N) is 1. The third-order valence-corrected chi connectivity index (χ3v) is 1.57. The van der Waals surface area contributed by atoms with Crippen LogP contribution in [0, 0.1) is 11.3 Å². The van der Waals surface area contributed by atoms with Gasteiger partial charge in [-0.2, -0.15) is 10.4 Å². The standard InChI is InChI=1S/C9H10N4O/c1-11-9(14)3-2-4-13-7-8(5-10)6-12-13/h2-3,6-7H,4H2,1H3,(H,11,14)/b3-2+. The number of carbonyl (C=O) groups is 1. The fraction of sp³-hybridized carbons (Fsp3) is 0.222. The molecule has 0 unspecified atom stereocenters. The molecule has 0 saturated carbocycles. The quantitative estimate of drug-likeness (QED) is 0.685. The Bertz CT molecular complexity index is 386. The van der Waals surface area contributed by atoms with E-state index in [9.17, 15) is 4.79 Å². The van der Waals surface area contributed by atoms with Crippen LogP contribution in [0.4, 0.5) is 0 Å². The first kappa shape index (κ1) is 9.99. The van der Waals surface area contributed by atoms with Crippen molar-refractivity contribution in [1.29, 1.82) is 5.26 Å². The van der Waals surface area contributed by atoms with Crippen molar-refractivity contribution in [2.45, 2.75) is 6.54 Å². The Morgan fingerprint density at radius 3 is 3.21 bits per heavy atom. The lowest BCUT2D eigenvalue weighted by atomic mass is 10.4. The zero-order valence-electron chi connectivity index (χ0n) is 7.77. The molecule has 0 radical (unpaired) electrons. The molecule has 1 aromatic rings. The van der Waals surface area contributed by atoms with Crippen molar-refractivity contribution in [1.82, 2.24) is 15.1 Å². The van der Waals surface area contributed by atoms with Crippen LogP contribution in [0.2, 0.25) is 0 Å². The summed E-state index contributed by atoms with van der Waals surface area (Å²) in [5, 5.41) is 14.9. The molecule has 0 saturated heterocycles. The van der Waals surface area contributed by atoms with Gasteiger partial charge in [-0.05, 0) is 0 Å². The van der Waals surface area contributed by atoms with Gasteiger partial charge in [0.2, 0.25) is 5.91 Å². The highest BCUT2D eigenvalue weighted by atomic mass is 16.1. The van der Waals surface area contributed by atoms with E-state index in [2.05, 4.69) is 10.4 Å². The number of amides is 1. The van der Waals surface area contributed by atoms with Crippen LogP contribution in [0.1, 0.15) is 5.56 Å². The van der Waals surface area contributed by atoms with E-state index < -0.39 is 0 Å². The number of allylic oxidation sites excluding steroid dienone is 1. The molecule has 0 aliphatic carbocycles. The zero-order valence-corrected chi connectivity index (χ0v) is 7.77. The number of nitriles is 1. The van der Waals surface area contributed by atoms with Crippen molar-refractivity contribution in [3.8, 4) is 6.07 Å². The van der Waals surface area contributed by atoms with E-state index in [-0.39, 0.29) is 5.91 Å². The minimum atomic E-state index is -0.155. The Kier molecular flexibility index (Phi) is 3.44. The lowest BCUT2D eigenvalue weighted by Gasteiger charge is -1.93. The third kappa shape index (κ3) is 2.75. The van der Waals surface area contributed by atoms with E-state index in [1.54, 1.807) is 24.0 Å². The summed E-state index contributed by atoms with van der Waals surface area (Å²) in [6, 6.07) is 1.97. The second-order valence-corrected chi connectivity index (χ2v) is 2.58. The Morgan fingerprint density at radius 2 is 2.64 bits per heavy atom. The van der Waals surface area contributed by atoms with Gasteiger partial charge in [-0.25, -0.2) is 0 Å². The van der Waals surface area contributed by atoms with Gasteiger partial charge in [-0.1, -0.05) is 6.08 Å². The second kappa shape index (κ2) is 4.82. The van der Waals surface area contributed by atoms with Crippen molar-refractivity contribution in [2.24, 2.45) is 0 Å². The van der Waals surface area contributed by atoms with Crippen LogP contribution in [0.3, 0.4) is 0 Å². The molecule has 1 rings (SSSR count). The Morgan fingerprint density at radius 1 is 1.86 bits per heavy atom. The second-order valence-electron chi connectivity index (χ2n) is 2.58. The number of hydrogen-bond donors (Lipinski definition) is 1. The molecular weight excluding hydrogens is 180 g/mol. The van der Waals surface area contributed by atoms with E-state index in [1.807, 2.05) is 6.07 Å². The Hall–Kier alpha value is -2.09. The van der Waals surface area contributed by atoms with Gasteiger partial charge in [0.15, 0.2) is 0 Å². The van der Waals surface area contributed by atoms with Crippen LogP contribution in [0.5, 0.6) is 0 Å². The highest BCUT2D eigenvalue weighted by Gasteiger charge is 1.94. The van der Waals surface area contributed by atoms with Crippen LogP contribution in [-0.4, -0.2) is 22.7 Å². The predicted octanol–water partition coefficient (Wildman–Crippen LogP) is 0.0570. The SMILES string of the molecule is CNC(=O)/C=C/Cn1cc(C#N)cn1. The van der Waals surface area contributed by atoms with Gasteiger partial charge < -0.3 is 5.32 Å². The van der Waals surface area contributed by atoms with Gasteiger partial charge in [-0.15, -0.1) is 0 Å². The van der Waals surface area contributed by atoms with E-state index in [0.717, 1.165) is 0 Å². The molecule has 0 fully saturated rings. The minimum absolute atomic E-state index is 0.155. The highest BCUT2D eigenvalue weighted by molar-refractivity contribution is 5.87. The Labute approximate surface area is 81.6 Å². The topological polar surface area (TPSA) is 70.7 Å².